The van der Waals surface area contributed by atoms with E-state index in [1.165, 1.54) is 12.1 Å². The number of unbranched alkanes of at least 4 members (excludes halogenated alkanes) is 1. The summed E-state index contributed by atoms with van der Waals surface area (Å²) in [6.45, 7) is 6.02. The Morgan fingerprint density at radius 3 is 2.18 bits per heavy atom. The monoisotopic (exact) mass is 309 g/mol. The summed E-state index contributed by atoms with van der Waals surface area (Å²) in [5, 5.41) is 11.5. The Morgan fingerprint density at radius 1 is 1.14 bits per heavy atom. The maximum Gasteiger partial charge on any atom is 0.303 e. The van der Waals surface area contributed by atoms with Gasteiger partial charge in [0.25, 0.3) is 0 Å². The minimum Gasteiger partial charge on any atom is -0.481 e. The highest BCUT2D eigenvalue weighted by Gasteiger charge is 2.27. The SMILES string of the molecule is CC(C)(C)C(NC(=O)CCCCC(=O)O)c1ccc(F)cc1. The van der Waals surface area contributed by atoms with Crippen molar-refractivity contribution in [2.75, 3.05) is 0 Å². The standard InChI is InChI=1S/C17H24FNO3/c1-17(2,3)16(12-8-10-13(18)11-9-12)19-14(20)6-4-5-7-15(21)22/h8-11,16H,4-7H2,1-3H3,(H,19,20)(H,21,22). The van der Waals surface area contributed by atoms with Gasteiger partial charge in [-0.1, -0.05) is 32.9 Å². The van der Waals surface area contributed by atoms with E-state index in [0.717, 1.165) is 5.56 Å². The molecule has 0 bridgehead atoms. The molecule has 0 saturated heterocycles. The molecule has 0 saturated carbocycles. The Labute approximate surface area is 130 Å². The Balaban J connectivity index is 2.64. The van der Waals surface area contributed by atoms with E-state index in [9.17, 15) is 14.0 Å². The zero-order valence-corrected chi connectivity index (χ0v) is 13.4. The number of carboxylic acid groups (broad SMARTS) is 1. The Kier molecular flexibility index (Phi) is 6.53. The van der Waals surface area contributed by atoms with E-state index in [1.807, 2.05) is 20.8 Å². The molecule has 1 amide bonds. The van der Waals surface area contributed by atoms with Crippen LogP contribution in [0.3, 0.4) is 0 Å². The maximum absolute atomic E-state index is 13.0. The van der Waals surface area contributed by atoms with Crippen molar-refractivity contribution in [3.63, 3.8) is 0 Å². The number of hydrogen-bond acceptors (Lipinski definition) is 2. The number of aliphatic carboxylic acids is 1. The molecule has 1 aromatic rings. The predicted octanol–water partition coefficient (Wildman–Crippen LogP) is 3.67. The van der Waals surface area contributed by atoms with Gasteiger partial charge in [0.15, 0.2) is 0 Å². The Morgan fingerprint density at radius 2 is 1.68 bits per heavy atom. The molecule has 1 unspecified atom stereocenters. The molecule has 0 heterocycles. The molecule has 0 aliphatic heterocycles. The molecule has 0 aromatic heterocycles. The number of carbonyl (C=O) groups excluding carboxylic acids is 1. The number of hydrogen-bond donors (Lipinski definition) is 2. The van der Waals surface area contributed by atoms with Crippen LogP contribution in [0.1, 0.15) is 58.1 Å². The number of amides is 1. The molecule has 0 spiro atoms. The van der Waals surface area contributed by atoms with Gasteiger partial charge in [-0.15, -0.1) is 0 Å². The first-order valence-corrected chi connectivity index (χ1v) is 7.47. The smallest absolute Gasteiger partial charge is 0.303 e. The molecule has 0 fully saturated rings. The van der Waals surface area contributed by atoms with Gasteiger partial charge in [0.05, 0.1) is 6.04 Å². The topological polar surface area (TPSA) is 66.4 Å². The summed E-state index contributed by atoms with van der Waals surface area (Å²) in [5.74, 6) is -1.27. The quantitative estimate of drug-likeness (QED) is 0.755. The third kappa shape index (κ3) is 6.24. The van der Waals surface area contributed by atoms with Crippen LogP contribution in [0.25, 0.3) is 0 Å². The summed E-state index contributed by atoms with van der Waals surface area (Å²) < 4.78 is 13.0. The second-order valence-corrected chi connectivity index (χ2v) is 6.52. The van der Waals surface area contributed by atoms with Crippen LogP contribution in [0.4, 0.5) is 4.39 Å². The summed E-state index contributed by atoms with van der Waals surface area (Å²) >= 11 is 0. The minimum atomic E-state index is -0.848. The van der Waals surface area contributed by atoms with Crippen LogP contribution in [-0.4, -0.2) is 17.0 Å². The highest BCUT2D eigenvalue weighted by Crippen LogP contribution is 2.32. The van der Waals surface area contributed by atoms with Gasteiger partial charge in [0.1, 0.15) is 5.82 Å². The summed E-state index contributed by atoms with van der Waals surface area (Å²) in [5.41, 5.74) is 0.641. The molecular weight excluding hydrogens is 285 g/mol. The predicted molar refractivity (Wildman–Crippen MR) is 82.8 cm³/mol. The molecule has 2 N–H and O–H groups in total. The number of nitrogens with one attached hydrogen (secondary N) is 1. The summed E-state index contributed by atoms with van der Waals surface area (Å²) in [7, 11) is 0. The summed E-state index contributed by atoms with van der Waals surface area (Å²) in [6, 6.07) is 5.90. The van der Waals surface area contributed by atoms with E-state index in [-0.39, 0.29) is 29.6 Å². The molecule has 122 valence electrons. The molecule has 0 aliphatic carbocycles. The lowest BCUT2D eigenvalue weighted by atomic mass is 9.82. The first-order chi connectivity index (χ1) is 10.2. The van der Waals surface area contributed by atoms with Crippen molar-refractivity contribution in [1.82, 2.24) is 5.32 Å². The fraction of sp³-hybridized carbons (Fsp3) is 0.529. The largest absolute Gasteiger partial charge is 0.481 e. The van der Waals surface area contributed by atoms with Gasteiger partial charge in [-0.3, -0.25) is 9.59 Å². The van der Waals surface area contributed by atoms with E-state index < -0.39 is 5.97 Å². The average Bonchev–Trinajstić information content (AvgIpc) is 2.41. The van der Waals surface area contributed by atoms with E-state index in [4.69, 9.17) is 5.11 Å². The number of carbonyl (C=O) groups is 2. The zero-order chi connectivity index (χ0) is 16.8. The van der Waals surface area contributed by atoms with Crippen LogP contribution in [0, 0.1) is 11.2 Å². The Hall–Kier alpha value is -1.91. The van der Waals surface area contributed by atoms with Crippen LogP contribution in [0.15, 0.2) is 24.3 Å². The number of halogens is 1. The number of benzene rings is 1. The van der Waals surface area contributed by atoms with Gasteiger partial charge in [-0.2, -0.15) is 0 Å². The van der Waals surface area contributed by atoms with Gasteiger partial charge < -0.3 is 10.4 Å². The molecule has 0 aliphatic rings. The van der Waals surface area contributed by atoms with Crippen molar-refractivity contribution in [1.29, 1.82) is 0 Å². The van der Waals surface area contributed by atoms with Crippen molar-refractivity contribution >= 4 is 11.9 Å². The molecule has 1 aromatic carbocycles. The number of carboxylic acids is 1. The van der Waals surface area contributed by atoms with Crippen LogP contribution < -0.4 is 5.32 Å². The van der Waals surface area contributed by atoms with Crippen LogP contribution in [0.5, 0.6) is 0 Å². The van der Waals surface area contributed by atoms with Crippen LogP contribution >= 0.6 is 0 Å². The van der Waals surface area contributed by atoms with Crippen molar-refractivity contribution in [2.45, 2.75) is 52.5 Å². The third-order valence-electron chi connectivity index (χ3n) is 3.42. The molecular formula is C17H24FNO3. The van der Waals surface area contributed by atoms with Gasteiger partial charge in [0, 0.05) is 12.8 Å². The van der Waals surface area contributed by atoms with Crippen molar-refractivity contribution in [3.8, 4) is 0 Å². The van der Waals surface area contributed by atoms with Crippen LogP contribution in [0.2, 0.25) is 0 Å². The highest BCUT2D eigenvalue weighted by atomic mass is 19.1. The van der Waals surface area contributed by atoms with Gasteiger partial charge >= 0.3 is 5.97 Å². The molecule has 22 heavy (non-hydrogen) atoms. The van der Waals surface area contributed by atoms with E-state index in [0.29, 0.717) is 19.3 Å². The highest BCUT2D eigenvalue weighted by molar-refractivity contribution is 5.76. The van der Waals surface area contributed by atoms with Crippen LogP contribution in [-0.2, 0) is 9.59 Å². The fourth-order valence-corrected chi connectivity index (χ4v) is 2.25. The van der Waals surface area contributed by atoms with Crippen molar-refractivity contribution in [3.05, 3.63) is 35.6 Å². The lowest BCUT2D eigenvalue weighted by Gasteiger charge is -2.32. The first-order valence-electron chi connectivity index (χ1n) is 7.47. The molecule has 4 nitrogen and oxygen atoms in total. The lowest BCUT2D eigenvalue weighted by molar-refractivity contribution is -0.137. The molecule has 1 atom stereocenters. The normalized spacial score (nSPS) is 12.7. The van der Waals surface area contributed by atoms with Crippen molar-refractivity contribution < 1.29 is 19.1 Å². The zero-order valence-electron chi connectivity index (χ0n) is 13.4. The van der Waals surface area contributed by atoms with Gasteiger partial charge in [0.2, 0.25) is 5.91 Å². The number of rotatable bonds is 7. The van der Waals surface area contributed by atoms with Crippen molar-refractivity contribution in [2.24, 2.45) is 5.41 Å². The second-order valence-electron chi connectivity index (χ2n) is 6.52. The molecule has 0 radical (unpaired) electrons. The average molecular weight is 309 g/mol. The fourth-order valence-electron chi connectivity index (χ4n) is 2.25. The molecule has 1 rings (SSSR count). The maximum atomic E-state index is 13.0. The molecule has 5 heteroatoms. The summed E-state index contributed by atoms with van der Waals surface area (Å²) in [6.07, 6.45) is 1.40. The van der Waals surface area contributed by atoms with E-state index >= 15 is 0 Å². The third-order valence-corrected chi connectivity index (χ3v) is 3.42. The Bertz CT molecular complexity index is 506. The minimum absolute atomic E-state index is 0.0773. The summed E-state index contributed by atoms with van der Waals surface area (Å²) in [4.78, 5) is 22.5. The van der Waals surface area contributed by atoms with Gasteiger partial charge in [-0.25, -0.2) is 4.39 Å². The lowest BCUT2D eigenvalue weighted by Crippen LogP contribution is -2.36. The van der Waals surface area contributed by atoms with E-state index in [1.54, 1.807) is 12.1 Å². The van der Waals surface area contributed by atoms with E-state index in [2.05, 4.69) is 5.32 Å². The van der Waals surface area contributed by atoms with Gasteiger partial charge in [-0.05, 0) is 36.0 Å². The first kappa shape index (κ1) is 18.1. The second kappa shape index (κ2) is 7.92.